The highest BCUT2D eigenvalue weighted by atomic mass is 32.2. The fourth-order valence-electron chi connectivity index (χ4n) is 4.23. The molecular formula is C24H19F2N5OS. The Bertz CT molecular complexity index is 1310. The molecule has 2 aromatic rings. The van der Waals surface area contributed by atoms with Crippen molar-refractivity contribution < 1.29 is 13.6 Å². The predicted molar refractivity (Wildman–Crippen MR) is 123 cm³/mol. The normalized spacial score (nSPS) is 25.9. The van der Waals surface area contributed by atoms with Gasteiger partial charge in [0.05, 0.1) is 11.3 Å². The van der Waals surface area contributed by atoms with Crippen LogP contribution in [-0.2, 0) is 10.3 Å². The lowest BCUT2D eigenvalue weighted by Gasteiger charge is -2.38. The van der Waals surface area contributed by atoms with Crippen LogP contribution in [0, 0.1) is 17.1 Å². The summed E-state index contributed by atoms with van der Waals surface area (Å²) in [6.07, 6.45) is 5.30. The Morgan fingerprint density at radius 3 is 2.76 bits per heavy atom. The molecule has 0 bridgehead atoms. The van der Waals surface area contributed by atoms with Crippen LogP contribution in [-0.4, -0.2) is 38.8 Å². The number of carbonyl (C=O) groups is 1. The van der Waals surface area contributed by atoms with Crippen molar-refractivity contribution in [2.75, 3.05) is 13.1 Å². The van der Waals surface area contributed by atoms with E-state index in [0.29, 0.717) is 29.8 Å². The van der Waals surface area contributed by atoms with Gasteiger partial charge in [-0.2, -0.15) is 5.26 Å². The quantitative estimate of drug-likeness (QED) is 0.697. The zero-order valence-electron chi connectivity index (χ0n) is 17.7. The number of aliphatic imine (C=N–C) groups is 1. The molecule has 1 fully saturated rings. The van der Waals surface area contributed by atoms with Crippen molar-refractivity contribution in [3.05, 3.63) is 76.4 Å². The number of pyridine rings is 1. The second kappa shape index (κ2) is 7.52. The second-order valence-corrected chi connectivity index (χ2v) is 9.61. The molecule has 0 radical (unpaired) electrons. The zero-order valence-corrected chi connectivity index (χ0v) is 18.5. The molecule has 2 N–H and O–H groups in total. The van der Waals surface area contributed by atoms with E-state index in [2.05, 4.69) is 9.98 Å². The SMILES string of the molecule is C[C@]1(c2cc(/C=C(\F)c3ccc(C#N)cn3)ccc2F)N=C(N)S[C@@]2(C(=O)N3CCC3)C=C21. The summed E-state index contributed by atoms with van der Waals surface area (Å²) >= 11 is 1.18. The Labute approximate surface area is 193 Å². The van der Waals surface area contributed by atoms with E-state index in [0.717, 1.165) is 6.42 Å². The average Bonchev–Trinajstić information content (AvgIpc) is 3.50. The number of aromatic nitrogens is 1. The van der Waals surface area contributed by atoms with E-state index >= 15 is 4.39 Å². The standard InChI is InChI=1S/C24H19F2N5OS/c1-23(20-11-24(20,33-22(28)30-23)21(32)31-7-2-8-31)16-9-14(3-5-17(16)25)10-18(26)19-6-4-15(12-27)13-29-19/h3-6,9-11,13H,2,7-8H2,1H3,(H2,28,30)/b18-10-/t23-,24+/m1/s1. The van der Waals surface area contributed by atoms with Crippen molar-refractivity contribution in [3.8, 4) is 6.07 Å². The number of rotatable bonds is 4. The summed E-state index contributed by atoms with van der Waals surface area (Å²) in [5.74, 6) is -1.20. The number of nitrogens with two attached hydrogens (primary N) is 1. The number of halogens is 2. The zero-order chi connectivity index (χ0) is 23.4. The minimum absolute atomic E-state index is 0.0489. The molecular weight excluding hydrogens is 444 g/mol. The number of nitriles is 1. The van der Waals surface area contributed by atoms with Crippen LogP contribution in [0.1, 0.15) is 35.7 Å². The smallest absolute Gasteiger partial charge is 0.247 e. The van der Waals surface area contributed by atoms with Gasteiger partial charge in [0.25, 0.3) is 0 Å². The summed E-state index contributed by atoms with van der Waals surface area (Å²) in [5, 5.41) is 9.07. The summed E-state index contributed by atoms with van der Waals surface area (Å²) in [6.45, 7) is 3.13. The molecule has 3 heterocycles. The number of thioether (sulfide) groups is 1. The van der Waals surface area contributed by atoms with Crippen molar-refractivity contribution in [1.82, 2.24) is 9.88 Å². The molecule has 9 heteroatoms. The lowest BCUT2D eigenvalue weighted by atomic mass is 9.85. The Balaban J connectivity index is 1.50. The number of fused-ring (bicyclic) bond motifs is 1. The first kappa shape index (κ1) is 21.3. The summed E-state index contributed by atoms with van der Waals surface area (Å²) in [6, 6.07) is 9.03. The average molecular weight is 464 g/mol. The summed E-state index contributed by atoms with van der Waals surface area (Å²) in [5.41, 5.74) is 6.62. The highest BCUT2D eigenvalue weighted by Crippen LogP contribution is 2.61. The van der Waals surface area contributed by atoms with Gasteiger partial charge in [0.15, 0.2) is 5.17 Å². The lowest BCUT2D eigenvalue weighted by Crippen LogP contribution is -2.51. The van der Waals surface area contributed by atoms with Gasteiger partial charge in [0, 0.05) is 24.8 Å². The molecule has 0 unspecified atom stereocenters. The van der Waals surface area contributed by atoms with Crippen molar-refractivity contribution in [3.63, 3.8) is 0 Å². The minimum Gasteiger partial charge on any atom is -0.378 e. The number of nitrogens with zero attached hydrogens (tertiary/aromatic N) is 4. The largest absolute Gasteiger partial charge is 0.378 e. The first-order valence-electron chi connectivity index (χ1n) is 10.4. The van der Waals surface area contributed by atoms with Crippen LogP contribution >= 0.6 is 11.8 Å². The molecule has 2 atom stereocenters. The lowest BCUT2D eigenvalue weighted by molar-refractivity contribution is -0.134. The Morgan fingerprint density at radius 1 is 1.33 bits per heavy atom. The van der Waals surface area contributed by atoms with Crippen LogP contribution in [0.15, 0.2) is 53.2 Å². The van der Waals surface area contributed by atoms with Crippen molar-refractivity contribution in [2.24, 2.45) is 10.7 Å². The molecule has 0 saturated carbocycles. The van der Waals surface area contributed by atoms with E-state index in [4.69, 9.17) is 11.0 Å². The highest BCUT2D eigenvalue weighted by Gasteiger charge is 2.63. The molecule has 0 spiro atoms. The topological polar surface area (TPSA) is 95.4 Å². The Morgan fingerprint density at radius 2 is 2.12 bits per heavy atom. The molecule has 2 aliphatic heterocycles. The van der Waals surface area contributed by atoms with E-state index in [9.17, 15) is 9.18 Å². The molecule has 1 saturated heterocycles. The number of hydrogen-bond acceptors (Lipinski definition) is 6. The van der Waals surface area contributed by atoms with Crippen molar-refractivity contribution >= 4 is 34.7 Å². The van der Waals surface area contributed by atoms with Crippen molar-refractivity contribution in [2.45, 2.75) is 23.6 Å². The van der Waals surface area contributed by atoms with Gasteiger partial charge in [-0.3, -0.25) is 9.78 Å². The predicted octanol–water partition coefficient (Wildman–Crippen LogP) is 3.75. The maximum absolute atomic E-state index is 15.0. The molecule has 33 heavy (non-hydrogen) atoms. The highest BCUT2D eigenvalue weighted by molar-refractivity contribution is 8.16. The third-order valence-electron chi connectivity index (χ3n) is 6.19. The van der Waals surface area contributed by atoms with Gasteiger partial charge in [0.1, 0.15) is 28.0 Å². The third-order valence-corrected chi connectivity index (χ3v) is 7.33. The number of amides is 1. The van der Waals surface area contributed by atoms with Crippen LogP contribution in [0.25, 0.3) is 11.9 Å². The monoisotopic (exact) mass is 463 g/mol. The molecule has 3 aliphatic rings. The van der Waals surface area contributed by atoms with Crippen LogP contribution in [0.5, 0.6) is 0 Å². The number of benzene rings is 1. The van der Waals surface area contributed by atoms with Gasteiger partial charge in [-0.1, -0.05) is 23.9 Å². The number of likely N-dealkylation sites (tertiary alicyclic amines) is 1. The third kappa shape index (κ3) is 3.42. The van der Waals surface area contributed by atoms with Gasteiger partial charge in [-0.25, -0.2) is 13.8 Å². The number of hydrogen-bond donors (Lipinski definition) is 1. The first-order valence-corrected chi connectivity index (χ1v) is 11.2. The fraction of sp³-hybridized carbons (Fsp3) is 0.250. The van der Waals surface area contributed by atoms with Gasteiger partial charge in [0.2, 0.25) is 5.91 Å². The maximum Gasteiger partial charge on any atom is 0.247 e. The minimum atomic E-state index is -1.17. The molecule has 1 aromatic carbocycles. The van der Waals surface area contributed by atoms with E-state index in [1.807, 2.05) is 12.1 Å². The van der Waals surface area contributed by atoms with Gasteiger partial charge in [-0.15, -0.1) is 0 Å². The van der Waals surface area contributed by atoms with Crippen LogP contribution in [0.4, 0.5) is 8.78 Å². The Hall–Kier alpha value is -3.51. The second-order valence-electron chi connectivity index (χ2n) is 8.34. The Kier molecular flexibility index (Phi) is 4.87. The summed E-state index contributed by atoms with van der Waals surface area (Å²) in [4.78, 5) is 23.3. The molecule has 166 valence electrons. The fourth-order valence-corrected chi connectivity index (χ4v) is 5.49. The van der Waals surface area contributed by atoms with E-state index in [1.165, 1.54) is 54.4 Å². The van der Waals surface area contributed by atoms with E-state index < -0.39 is 21.9 Å². The number of carbonyl (C=O) groups excluding carboxylic acids is 1. The number of amidine groups is 1. The summed E-state index contributed by atoms with van der Waals surface area (Å²) in [7, 11) is 0. The maximum atomic E-state index is 15.0. The van der Waals surface area contributed by atoms with Gasteiger partial charge in [-0.05, 0) is 54.8 Å². The van der Waals surface area contributed by atoms with Crippen LogP contribution < -0.4 is 5.73 Å². The van der Waals surface area contributed by atoms with E-state index in [1.54, 1.807) is 11.8 Å². The van der Waals surface area contributed by atoms with Crippen molar-refractivity contribution in [1.29, 1.82) is 5.26 Å². The molecule has 1 aromatic heterocycles. The molecule has 1 amide bonds. The summed E-state index contributed by atoms with van der Waals surface area (Å²) < 4.78 is 28.9. The molecule has 6 nitrogen and oxygen atoms in total. The molecule has 1 aliphatic carbocycles. The first-order chi connectivity index (χ1) is 15.8. The van der Waals surface area contributed by atoms with Gasteiger partial charge < -0.3 is 10.6 Å². The van der Waals surface area contributed by atoms with Gasteiger partial charge >= 0.3 is 0 Å². The van der Waals surface area contributed by atoms with Crippen LogP contribution in [0.3, 0.4) is 0 Å². The van der Waals surface area contributed by atoms with E-state index in [-0.39, 0.29) is 22.3 Å². The van der Waals surface area contributed by atoms with Crippen LogP contribution in [0.2, 0.25) is 0 Å². The molecule has 5 rings (SSSR count).